The van der Waals surface area contributed by atoms with Gasteiger partial charge in [-0.2, -0.15) is 10.4 Å². The Labute approximate surface area is 146 Å². The Balaban J connectivity index is 1.66. The van der Waals surface area contributed by atoms with Crippen LogP contribution in [0.1, 0.15) is 70.6 Å². The van der Waals surface area contributed by atoms with Gasteiger partial charge >= 0.3 is 0 Å². The first-order valence-electron chi connectivity index (χ1n) is 9.49. The zero-order valence-electron chi connectivity index (χ0n) is 15.4. The highest BCUT2D eigenvalue weighted by Gasteiger charge is 2.29. The molecule has 0 radical (unpaired) electrons. The smallest absolute Gasteiger partial charge is 0.163 e. The Bertz CT molecular complexity index is 542. The molecule has 0 aromatic carbocycles. The highest BCUT2D eigenvalue weighted by atomic mass is 15.2. The average molecular weight is 332 g/mol. The maximum atomic E-state index is 9.06. The van der Waals surface area contributed by atoms with Crippen LogP contribution in [0.25, 0.3) is 0 Å². The van der Waals surface area contributed by atoms with Gasteiger partial charge in [0.15, 0.2) is 5.82 Å². The van der Waals surface area contributed by atoms with E-state index in [4.69, 9.17) is 11.0 Å². The van der Waals surface area contributed by atoms with Crippen LogP contribution in [-0.2, 0) is 6.42 Å². The third-order valence-electron chi connectivity index (χ3n) is 5.51. The topological polar surface area (TPSA) is 90.5 Å². The predicted molar refractivity (Wildman–Crippen MR) is 98.4 cm³/mol. The fourth-order valence-electron chi connectivity index (χ4n) is 4.03. The summed E-state index contributed by atoms with van der Waals surface area (Å²) in [4.78, 5) is 0. The Morgan fingerprint density at radius 2 is 2.12 bits per heavy atom. The SMILES string of the molecule is CC(C)[C@@H]1CC[C@@H](C)C[C@H]1NCCCCCc1[nH]nc(N)c1C#N. The molecule has 2 rings (SSSR count). The minimum atomic E-state index is 0.320. The normalized spacial score (nSPS) is 24.2. The van der Waals surface area contributed by atoms with Crippen molar-refractivity contribution in [2.24, 2.45) is 17.8 Å². The number of aryl methyl sites for hydroxylation is 1. The summed E-state index contributed by atoms with van der Waals surface area (Å²) in [6, 6.07) is 2.81. The molecule has 1 saturated carbocycles. The van der Waals surface area contributed by atoms with Crippen molar-refractivity contribution < 1.29 is 0 Å². The molecule has 1 fully saturated rings. The van der Waals surface area contributed by atoms with Gasteiger partial charge in [0.1, 0.15) is 11.6 Å². The summed E-state index contributed by atoms with van der Waals surface area (Å²) in [6.45, 7) is 8.20. The van der Waals surface area contributed by atoms with Crippen molar-refractivity contribution >= 4 is 5.82 Å². The number of anilines is 1. The third kappa shape index (κ3) is 4.98. The molecule has 4 N–H and O–H groups in total. The van der Waals surface area contributed by atoms with E-state index in [2.05, 4.69) is 42.4 Å². The molecule has 1 aromatic rings. The number of hydrogen-bond acceptors (Lipinski definition) is 4. The van der Waals surface area contributed by atoms with Crippen LogP contribution < -0.4 is 11.1 Å². The van der Waals surface area contributed by atoms with Crippen molar-refractivity contribution in [3.05, 3.63) is 11.3 Å². The maximum Gasteiger partial charge on any atom is 0.163 e. The largest absolute Gasteiger partial charge is 0.381 e. The number of nitrogens with two attached hydrogens (primary N) is 1. The Hall–Kier alpha value is -1.54. The lowest BCUT2D eigenvalue weighted by atomic mass is 9.74. The van der Waals surface area contributed by atoms with Gasteiger partial charge in [-0.05, 0) is 56.4 Å². The minimum Gasteiger partial charge on any atom is -0.381 e. The molecule has 0 spiro atoms. The third-order valence-corrected chi connectivity index (χ3v) is 5.51. The number of unbranched alkanes of at least 4 members (excludes halogenated alkanes) is 2. The van der Waals surface area contributed by atoms with Gasteiger partial charge in [0.05, 0.1) is 5.69 Å². The van der Waals surface area contributed by atoms with Crippen molar-refractivity contribution in [1.82, 2.24) is 15.5 Å². The van der Waals surface area contributed by atoms with E-state index in [1.807, 2.05) is 0 Å². The minimum absolute atomic E-state index is 0.320. The fourth-order valence-corrected chi connectivity index (χ4v) is 4.03. The van der Waals surface area contributed by atoms with Crippen LogP contribution in [0, 0.1) is 29.1 Å². The highest BCUT2D eigenvalue weighted by Crippen LogP contribution is 2.33. The van der Waals surface area contributed by atoms with E-state index in [1.54, 1.807) is 0 Å². The van der Waals surface area contributed by atoms with E-state index in [0.717, 1.165) is 49.3 Å². The van der Waals surface area contributed by atoms with Crippen molar-refractivity contribution in [3.63, 3.8) is 0 Å². The summed E-state index contributed by atoms with van der Waals surface area (Å²) in [5, 5.41) is 19.7. The Kier molecular flexibility index (Phi) is 7.11. The number of nitriles is 1. The van der Waals surface area contributed by atoms with Crippen LogP contribution in [0.2, 0.25) is 0 Å². The molecule has 3 atom stereocenters. The second-order valence-corrected chi connectivity index (χ2v) is 7.77. The second kappa shape index (κ2) is 9.08. The summed E-state index contributed by atoms with van der Waals surface area (Å²) in [7, 11) is 0. The molecule has 0 aliphatic heterocycles. The van der Waals surface area contributed by atoms with E-state index < -0.39 is 0 Å². The molecule has 1 heterocycles. The fraction of sp³-hybridized carbons (Fsp3) is 0.789. The van der Waals surface area contributed by atoms with Crippen LogP contribution in [0.3, 0.4) is 0 Å². The summed E-state index contributed by atoms with van der Waals surface area (Å²) in [5.74, 6) is 2.77. The van der Waals surface area contributed by atoms with Crippen molar-refractivity contribution in [3.8, 4) is 6.07 Å². The molecule has 0 unspecified atom stereocenters. The van der Waals surface area contributed by atoms with E-state index in [9.17, 15) is 0 Å². The standard InChI is InChI=1S/C19H33N5/c1-13(2)15-9-8-14(3)11-18(15)22-10-6-4-5-7-17-16(12-20)19(21)24-23-17/h13-15,18,22H,4-11H2,1-3H3,(H3,21,23,24)/t14-,15+,18-/m1/s1. The first-order chi connectivity index (χ1) is 11.5. The number of aromatic nitrogens is 2. The van der Waals surface area contributed by atoms with Gasteiger partial charge in [-0.25, -0.2) is 0 Å². The zero-order chi connectivity index (χ0) is 17.5. The molecule has 5 nitrogen and oxygen atoms in total. The number of nitrogens with one attached hydrogen (secondary N) is 2. The average Bonchev–Trinajstić information content (AvgIpc) is 2.90. The van der Waals surface area contributed by atoms with Crippen LogP contribution in [-0.4, -0.2) is 22.8 Å². The molecule has 1 aliphatic rings. The maximum absolute atomic E-state index is 9.06. The van der Waals surface area contributed by atoms with Gasteiger partial charge in [0.25, 0.3) is 0 Å². The highest BCUT2D eigenvalue weighted by molar-refractivity contribution is 5.50. The van der Waals surface area contributed by atoms with Crippen LogP contribution in [0.5, 0.6) is 0 Å². The molecule has 0 saturated heterocycles. The van der Waals surface area contributed by atoms with Gasteiger partial charge < -0.3 is 11.1 Å². The molecule has 24 heavy (non-hydrogen) atoms. The van der Waals surface area contributed by atoms with Crippen LogP contribution >= 0.6 is 0 Å². The van der Waals surface area contributed by atoms with Gasteiger partial charge in [-0.15, -0.1) is 0 Å². The molecular weight excluding hydrogens is 298 g/mol. The van der Waals surface area contributed by atoms with E-state index >= 15 is 0 Å². The molecule has 0 amide bonds. The number of nitrogen functional groups attached to an aromatic ring is 1. The van der Waals surface area contributed by atoms with E-state index in [-0.39, 0.29) is 0 Å². The summed E-state index contributed by atoms with van der Waals surface area (Å²) < 4.78 is 0. The van der Waals surface area contributed by atoms with Gasteiger partial charge in [-0.3, -0.25) is 5.10 Å². The number of nitrogens with zero attached hydrogens (tertiary/aromatic N) is 2. The second-order valence-electron chi connectivity index (χ2n) is 7.77. The van der Waals surface area contributed by atoms with E-state index in [0.29, 0.717) is 17.4 Å². The lowest BCUT2D eigenvalue weighted by molar-refractivity contribution is 0.170. The number of aromatic amines is 1. The molecule has 1 aliphatic carbocycles. The van der Waals surface area contributed by atoms with Crippen molar-refractivity contribution in [2.75, 3.05) is 12.3 Å². The summed E-state index contributed by atoms with van der Waals surface area (Å²) in [6.07, 6.45) is 8.33. The monoisotopic (exact) mass is 331 g/mol. The summed E-state index contributed by atoms with van der Waals surface area (Å²) in [5.41, 5.74) is 7.06. The molecule has 134 valence electrons. The molecule has 1 aromatic heterocycles. The number of rotatable bonds is 8. The molecule has 5 heteroatoms. The molecule has 0 bridgehead atoms. The van der Waals surface area contributed by atoms with Crippen LogP contribution in [0.4, 0.5) is 5.82 Å². The molecular formula is C19H33N5. The number of hydrogen-bond donors (Lipinski definition) is 3. The van der Waals surface area contributed by atoms with Crippen molar-refractivity contribution in [2.45, 2.75) is 71.8 Å². The summed E-state index contributed by atoms with van der Waals surface area (Å²) >= 11 is 0. The van der Waals surface area contributed by atoms with Gasteiger partial charge in [0.2, 0.25) is 0 Å². The predicted octanol–water partition coefficient (Wildman–Crippen LogP) is 3.63. The number of H-pyrrole nitrogens is 1. The lowest BCUT2D eigenvalue weighted by Gasteiger charge is -2.38. The Morgan fingerprint density at radius 3 is 2.83 bits per heavy atom. The quantitative estimate of drug-likeness (QED) is 0.634. The van der Waals surface area contributed by atoms with Crippen LogP contribution in [0.15, 0.2) is 0 Å². The lowest BCUT2D eigenvalue weighted by Crippen LogP contribution is -2.43. The Morgan fingerprint density at radius 1 is 1.33 bits per heavy atom. The first kappa shape index (κ1) is 18.8. The van der Waals surface area contributed by atoms with Gasteiger partial charge in [-0.1, -0.05) is 33.6 Å². The first-order valence-corrected chi connectivity index (χ1v) is 9.49. The van der Waals surface area contributed by atoms with Gasteiger partial charge in [0, 0.05) is 6.04 Å². The van der Waals surface area contributed by atoms with E-state index in [1.165, 1.54) is 25.7 Å². The zero-order valence-corrected chi connectivity index (χ0v) is 15.4. The van der Waals surface area contributed by atoms with Crippen molar-refractivity contribution in [1.29, 1.82) is 5.26 Å².